The van der Waals surface area contributed by atoms with Crippen LogP contribution in [0.1, 0.15) is 12.5 Å². The Kier molecular flexibility index (Phi) is 4.24. The molecule has 4 rings (SSSR count). The lowest BCUT2D eigenvalue weighted by Crippen LogP contribution is -2.36. The average molecular weight is 361 g/mol. The van der Waals surface area contributed by atoms with E-state index in [1.54, 1.807) is 11.0 Å². The molecule has 2 heterocycles. The van der Waals surface area contributed by atoms with Crippen LogP contribution in [0.5, 0.6) is 0 Å². The SMILES string of the molecule is CCN(C(=O)Cn1cnc2c(oc3ccccc32)c1=O)c1ccccc1C. The smallest absolute Gasteiger partial charge is 0.297 e. The minimum atomic E-state index is -0.356. The number of fused-ring (bicyclic) bond motifs is 3. The summed E-state index contributed by atoms with van der Waals surface area (Å²) >= 11 is 0. The van der Waals surface area contributed by atoms with Crippen molar-refractivity contribution in [2.24, 2.45) is 0 Å². The van der Waals surface area contributed by atoms with E-state index < -0.39 is 0 Å². The molecule has 6 heteroatoms. The summed E-state index contributed by atoms with van der Waals surface area (Å²) in [7, 11) is 0. The third-order valence-electron chi connectivity index (χ3n) is 4.68. The summed E-state index contributed by atoms with van der Waals surface area (Å²) in [5, 5.41) is 0.790. The van der Waals surface area contributed by atoms with Gasteiger partial charge in [-0.3, -0.25) is 14.2 Å². The Labute approximate surface area is 155 Å². The zero-order valence-electron chi connectivity index (χ0n) is 15.2. The fourth-order valence-corrected chi connectivity index (χ4v) is 3.31. The van der Waals surface area contributed by atoms with Crippen LogP contribution < -0.4 is 10.5 Å². The Morgan fingerprint density at radius 2 is 1.89 bits per heavy atom. The van der Waals surface area contributed by atoms with Crippen LogP contribution >= 0.6 is 0 Å². The number of furan rings is 1. The van der Waals surface area contributed by atoms with Crippen molar-refractivity contribution in [1.29, 1.82) is 0 Å². The molecule has 2 aromatic carbocycles. The summed E-state index contributed by atoms with van der Waals surface area (Å²) in [4.78, 5) is 31.7. The van der Waals surface area contributed by atoms with E-state index in [9.17, 15) is 9.59 Å². The lowest BCUT2D eigenvalue weighted by atomic mass is 10.2. The van der Waals surface area contributed by atoms with Crippen molar-refractivity contribution in [2.45, 2.75) is 20.4 Å². The Morgan fingerprint density at radius 1 is 1.15 bits per heavy atom. The first-order valence-electron chi connectivity index (χ1n) is 8.83. The van der Waals surface area contributed by atoms with E-state index in [0.29, 0.717) is 17.6 Å². The monoisotopic (exact) mass is 361 g/mol. The average Bonchev–Trinajstić information content (AvgIpc) is 3.06. The second-order valence-corrected chi connectivity index (χ2v) is 6.38. The van der Waals surface area contributed by atoms with E-state index in [1.807, 2.05) is 56.3 Å². The predicted molar refractivity (Wildman–Crippen MR) is 105 cm³/mol. The first kappa shape index (κ1) is 17.0. The van der Waals surface area contributed by atoms with Gasteiger partial charge in [-0.2, -0.15) is 0 Å². The molecule has 0 radical (unpaired) electrons. The standard InChI is InChI=1S/C21H19N3O3/c1-3-24(16-10-6-4-8-14(16)2)18(25)12-23-13-22-19-15-9-5-7-11-17(15)27-20(19)21(23)26/h4-11,13H,3,12H2,1-2H3. The van der Waals surface area contributed by atoms with Crippen molar-refractivity contribution in [2.75, 3.05) is 11.4 Å². The van der Waals surface area contributed by atoms with E-state index in [0.717, 1.165) is 16.6 Å². The van der Waals surface area contributed by atoms with Crippen LogP contribution in [0.3, 0.4) is 0 Å². The van der Waals surface area contributed by atoms with Gasteiger partial charge in [0.15, 0.2) is 0 Å². The van der Waals surface area contributed by atoms with Gasteiger partial charge in [-0.25, -0.2) is 4.98 Å². The third-order valence-corrected chi connectivity index (χ3v) is 4.68. The quantitative estimate of drug-likeness (QED) is 0.558. The predicted octanol–water partition coefficient (Wildman–Crippen LogP) is 3.50. The van der Waals surface area contributed by atoms with Gasteiger partial charge in [0.25, 0.3) is 5.56 Å². The van der Waals surface area contributed by atoms with Crippen molar-refractivity contribution >= 4 is 33.7 Å². The van der Waals surface area contributed by atoms with E-state index in [1.165, 1.54) is 10.9 Å². The number of rotatable bonds is 4. The molecule has 0 N–H and O–H groups in total. The van der Waals surface area contributed by atoms with Crippen molar-refractivity contribution in [3.05, 3.63) is 70.8 Å². The van der Waals surface area contributed by atoms with Gasteiger partial charge < -0.3 is 9.32 Å². The zero-order chi connectivity index (χ0) is 19.0. The van der Waals surface area contributed by atoms with E-state index in [-0.39, 0.29) is 23.6 Å². The molecule has 1 amide bonds. The van der Waals surface area contributed by atoms with Gasteiger partial charge in [0.05, 0.1) is 6.33 Å². The Hall–Kier alpha value is -3.41. The molecule has 0 aliphatic heterocycles. The van der Waals surface area contributed by atoms with Gasteiger partial charge >= 0.3 is 0 Å². The van der Waals surface area contributed by atoms with E-state index in [4.69, 9.17) is 4.42 Å². The molecule has 0 atom stereocenters. The summed E-state index contributed by atoms with van der Waals surface area (Å²) < 4.78 is 6.97. The molecule has 0 unspecified atom stereocenters. The number of likely N-dealkylation sites (N-methyl/N-ethyl adjacent to an activating group) is 1. The first-order valence-corrected chi connectivity index (χ1v) is 8.83. The number of aryl methyl sites for hydroxylation is 1. The Bertz CT molecular complexity index is 1210. The number of hydrogen-bond acceptors (Lipinski definition) is 4. The highest BCUT2D eigenvalue weighted by Gasteiger charge is 2.19. The van der Waals surface area contributed by atoms with E-state index >= 15 is 0 Å². The normalized spacial score (nSPS) is 11.2. The van der Waals surface area contributed by atoms with Gasteiger partial charge in [0.1, 0.15) is 17.6 Å². The number of hydrogen-bond donors (Lipinski definition) is 0. The molecular formula is C21H19N3O3. The van der Waals surface area contributed by atoms with Crippen LogP contribution in [0.15, 0.2) is 64.1 Å². The zero-order valence-corrected chi connectivity index (χ0v) is 15.2. The van der Waals surface area contributed by atoms with Crippen LogP contribution in [-0.2, 0) is 11.3 Å². The molecule has 27 heavy (non-hydrogen) atoms. The summed E-state index contributed by atoms with van der Waals surface area (Å²) in [5.41, 5.74) is 2.79. The number of amides is 1. The maximum Gasteiger partial charge on any atom is 0.297 e. The number of para-hydroxylation sites is 2. The molecule has 0 spiro atoms. The maximum absolute atomic E-state index is 12.9. The van der Waals surface area contributed by atoms with Crippen molar-refractivity contribution in [1.82, 2.24) is 9.55 Å². The number of nitrogens with zero attached hydrogens (tertiary/aromatic N) is 3. The highest BCUT2D eigenvalue weighted by Crippen LogP contribution is 2.24. The number of aromatic nitrogens is 2. The first-order chi connectivity index (χ1) is 13.1. The van der Waals surface area contributed by atoms with Crippen LogP contribution in [-0.4, -0.2) is 22.0 Å². The summed E-state index contributed by atoms with van der Waals surface area (Å²) in [6.45, 7) is 4.28. The summed E-state index contributed by atoms with van der Waals surface area (Å²) in [5.74, 6) is -0.175. The molecule has 0 saturated carbocycles. The van der Waals surface area contributed by atoms with Crippen molar-refractivity contribution in [3.8, 4) is 0 Å². The van der Waals surface area contributed by atoms with Gasteiger partial charge in [-0.1, -0.05) is 30.3 Å². The molecule has 0 aliphatic carbocycles. The maximum atomic E-state index is 12.9. The van der Waals surface area contributed by atoms with Crippen LogP contribution in [0.2, 0.25) is 0 Å². The Balaban J connectivity index is 1.71. The van der Waals surface area contributed by atoms with Crippen LogP contribution in [0, 0.1) is 6.92 Å². The molecule has 6 nitrogen and oxygen atoms in total. The third kappa shape index (κ3) is 2.89. The minimum Gasteiger partial charge on any atom is -0.448 e. The van der Waals surface area contributed by atoms with Gasteiger partial charge in [-0.05, 0) is 37.6 Å². The lowest BCUT2D eigenvalue weighted by Gasteiger charge is -2.23. The number of anilines is 1. The highest BCUT2D eigenvalue weighted by molar-refractivity contribution is 6.02. The van der Waals surface area contributed by atoms with Crippen LogP contribution in [0.4, 0.5) is 5.69 Å². The number of carbonyl (C=O) groups is 1. The van der Waals surface area contributed by atoms with Crippen LogP contribution in [0.25, 0.3) is 22.1 Å². The second-order valence-electron chi connectivity index (χ2n) is 6.38. The number of carbonyl (C=O) groups excluding carboxylic acids is 1. The minimum absolute atomic E-state index is 0.0962. The van der Waals surface area contributed by atoms with Crippen molar-refractivity contribution < 1.29 is 9.21 Å². The van der Waals surface area contributed by atoms with Crippen molar-refractivity contribution in [3.63, 3.8) is 0 Å². The molecule has 4 aromatic rings. The second kappa shape index (κ2) is 6.72. The fraction of sp³-hybridized carbons (Fsp3) is 0.190. The molecular weight excluding hydrogens is 342 g/mol. The van der Waals surface area contributed by atoms with E-state index in [2.05, 4.69) is 4.98 Å². The number of benzene rings is 2. The molecule has 136 valence electrons. The molecule has 0 bridgehead atoms. The largest absolute Gasteiger partial charge is 0.448 e. The Morgan fingerprint density at radius 3 is 2.67 bits per heavy atom. The summed E-state index contributed by atoms with van der Waals surface area (Å²) in [6, 6.07) is 15.1. The molecule has 0 fully saturated rings. The molecule has 0 saturated heterocycles. The summed E-state index contributed by atoms with van der Waals surface area (Å²) in [6.07, 6.45) is 1.41. The molecule has 0 aliphatic rings. The highest BCUT2D eigenvalue weighted by atomic mass is 16.3. The van der Waals surface area contributed by atoms with Gasteiger partial charge in [0, 0.05) is 17.6 Å². The molecule has 2 aromatic heterocycles. The van der Waals surface area contributed by atoms with Gasteiger partial charge in [0.2, 0.25) is 11.5 Å². The van der Waals surface area contributed by atoms with Gasteiger partial charge in [-0.15, -0.1) is 0 Å². The topological polar surface area (TPSA) is 68.3 Å². The fourth-order valence-electron chi connectivity index (χ4n) is 3.31. The lowest BCUT2D eigenvalue weighted by molar-refractivity contribution is -0.119.